The van der Waals surface area contributed by atoms with Crippen molar-refractivity contribution in [1.29, 1.82) is 0 Å². The van der Waals surface area contributed by atoms with E-state index in [1.165, 1.54) is 0 Å². The molecule has 1 fully saturated rings. The third-order valence-corrected chi connectivity index (χ3v) is 6.56. The zero-order valence-corrected chi connectivity index (χ0v) is 21.1. The van der Waals surface area contributed by atoms with Gasteiger partial charge in [0.25, 0.3) is 0 Å². The quantitative estimate of drug-likeness (QED) is 0.529. The van der Waals surface area contributed by atoms with E-state index in [2.05, 4.69) is 48.1 Å². The molecule has 1 saturated carbocycles. The van der Waals surface area contributed by atoms with E-state index < -0.39 is 6.10 Å². The van der Waals surface area contributed by atoms with Crippen molar-refractivity contribution in [2.45, 2.75) is 90.8 Å². The first-order valence-corrected chi connectivity index (χ1v) is 12.1. The molecule has 0 bridgehead atoms. The molecule has 2 aliphatic carbocycles. The molecule has 0 spiro atoms. The van der Waals surface area contributed by atoms with Crippen molar-refractivity contribution in [2.24, 2.45) is 15.4 Å². The maximum Gasteiger partial charge on any atom is 0.128 e. The number of rotatable bonds is 4. The first-order valence-electron chi connectivity index (χ1n) is 12.1. The zero-order chi connectivity index (χ0) is 24.4. The summed E-state index contributed by atoms with van der Waals surface area (Å²) in [6.45, 7) is 16.7. The summed E-state index contributed by atoms with van der Waals surface area (Å²) < 4.78 is 0. The van der Waals surface area contributed by atoms with Crippen LogP contribution in [0.2, 0.25) is 0 Å². The number of aliphatic imine (C=N–C) groups is 2. The highest BCUT2D eigenvalue weighted by atomic mass is 16.3. The molecule has 2 N–H and O–H groups in total. The van der Waals surface area contributed by atoms with E-state index in [1.54, 1.807) is 6.21 Å². The van der Waals surface area contributed by atoms with Crippen molar-refractivity contribution in [1.82, 2.24) is 0 Å². The Morgan fingerprint density at radius 1 is 0.909 bits per heavy atom. The normalized spacial score (nSPS) is 24.9. The van der Waals surface area contributed by atoms with E-state index >= 15 is 0 Å². The van der Waals surface area contributed by atoms with Crippen molar-refractivity contribution in [2.75, 3.05) is 0 Å². The largest absolute Gasteiger partial charge is 0.507 e. The van der Waals surface area contributed by atoms with E-state index in [4.69, 9.17) is 9.98 Å². The molecule has 0 aliphatic heterocycles. The maximum absolute atomic E-state index is 10.9. The van der Waals surface area contributed by atoms with Gasteiger partial charge in [0.15, 0.2) is 0 Å². The van der Waals surface area contributed by atoms with Crippen LogP contribution in [0.1, 0.15) is 78.4 Å². The highest BCUT2D eigenvalue weighted by molar-refractivity contribution is 5.85. The van der Waals surface area contributed by atoms with Crippen LogP contribution in [0.3, 0.4) is 0 Å². The van der Waals surface area contributed by atoms with Crippen LogP contribution in [0.5, 0.6) is 5.75 Å². The number of phenols is 1. The summed E-state index contributed by atoms with van der Waals surface area (Å²) in [5.74, 6) is 0.306. The van der Waals surface area contributed by atoms with Gasteiger partial charge in [-0.3, -0.25) is 9.98 Å². The lowest BCUT2D eigenvalue weighted by Gasteiger charge is -2.31. The molecule has 1 aromatic rings. The summed E-state index contributed by atoms with van der Waals surface area (Å²) in [7, 11) is 0. The van der Waals surface area contributed by atoms with E-state index in [0.717, 1.165) is 53.5 Å². The molecule has 4 heteroatoms. The Kier molecular flexibility index (Phi) is 7.48. The lowest BCUT2D eigenvalue weighted by atomic mass is 9.77. The predicted octanol–water partition coefficient (Wildman–Crippen LogP) is 6.32. The number of allylic oxidation sites excluding steroid dienone is 3. The smallest absolute Gasteiger partial charge is 0.128 e. The van der Waals surface area contributed by atoms with Gasteiger partial charge < -0.3 is 10.2 Å². The second kappa shape index (κ2) is 9.80. The van der Waals surface area contributed by atoms with Crippen molar-refractivity contribution in [3.63, 3.8) is 0 Å². The molecular formula is C29H40N2O2. The van der Waals surface area contributed by atoms with E-state index in [1.807, 2.05) is 36.6 Å². The third-order valence-electron chi connectivity index (χ3n) is 6.56. The number of phenolic OH excluding ortho intramolecular Hbond substituents is 1. The van der Waals surface area contributed by atoms with E-state index in [-0.39, 0.29) is 22.9 Å². The topological polar surface area (TPSA) is 65.2 Å². The Hall–Kier alpha value is -2.46. The van der Waals surface area contributed by atoms with Gasteiger partial charge in [-0.2, -0.15) is 0 Å². The highest BCUT2D eigenvalue weighted by Crippen LogP contribution is 2.35. The average molecular weight is 449 g/mol. The molecular weight excluding hydrogens is 408 g/mol. The first kappa shape index (κ1) is 25.2. The van der Waals surface area contributed by atoms with Gasteiger partial charge in [0.1, 0.15) is 11.9 Å². The van der Waals surface area contributed by atoms with Crippen LogP contribution < -0.4 is 0 Å². The molecule has 4 nitrogen and oxygen atoms in total. The number of para-hydroxylation sites is 1. The minimum atomic E-state index is -0.665. The van der Waals surface area contributed by atoms with Crippen molar-refractivity contribution in [3.8, 4) is 5.75 Å². The first-order chi connectivity index (χ1) is 15.4. The van der Waals surface area contributed by atoms with Crippen LogP contribution in [-0.2, 0) is 5.41 Å². The van der Waals surface area contributed by atoms with Crippen LogP contribution >= 0.6 is 0 Å². The monoisotopic (exact) mass is 448 g/mol. The molecule has 0 amide bonds. The van der Waals surface area contributed by atoms with Gasteiger partial charge in [0, 0.05) is 23.6 Å². The van der Waals surface area contributed by atoms with Crippen molar-refractivity contribution in [3.05, 3.63) is 64.8 Å². The summed E-state index contributed by atoms with van der Waals surface area (Å²) in [6.07, 6.45) is 11.1. The van der Waals surface area contributed by atoms with E-state index in [9.17, 15) is 10.2 Å². The second-order valence-electron chi connectivity index (χ2n) is 11.4. The van der Waals surface area contributed by atoms with Crippen LogP contribution in [0, 0.1) is 5.41 Å². The Labute approximate surface area is 199 Å². The fraction of sp³-hybridized carbons (Fsp3) is 0.517. The van der Waals surface area contributed by atoms with Gasteiger partial charge in [-0.15, -0.1) is 0 Å². The number of aliphatic hydroxyl groups is 1. The van der Waals surface area contributed by atoms with Gasteiger partial charge in [-0.05, 0) is 52.5 Å². The zero-order valence-electron chi connectivity index (χ0n) is 21.1. The number of aromatic hydroxyl groups is 1. The lowest BCUT2D eigenvalue weighted by molar-refractivity contribution is 0.222. The molecule has 0 heterocycles. The Morgan fingerprint density at radius 2 is 1.52 bits per heavy atom. The maximum atomic E-state index is 10.9. The van der Waals surface area contributed by atoms with Gasteiger partial charge >= 0.3 is 0 Å². The number of nitrogens with zero attached hydrogens (tertiary/aromatic N) is 2. The number of hydrogen-bond acceptors (Lipinski definition) is 4. The van der Waals surface area contributed by atoms with E-state index in [0.29, 0.717) is 5.75 Å². The highest BCUT2D eigenvalue weighted by Gasteiger charge is 2.29. The molecule has 1 aromatic carbocycles. The molecule has 3 atom stereocenters. The molecule has 0 saturated heterocycles. The van der Waals surface area contributed by atoms with Crippen LogP contribution in [-0.4, -0.2) is 40.8 Å². The molecule has 178 valence electrons. The summed E-state index contributed by atoms with van der Waals surface area (Å²) in [5, 5.41) is 21.7. The molecule has 33 heavy (non-hydrogen) atoms. The third kappa shape index (κ3) is 6.11. The fourth-order valence-corrected chi connectivity index (χ4v) is 4.60. The summed E-state index contributed by atoms with van der Waals surface area (Å²) >= 11 is 0. The summed E-state index contributed by atoms with van der Waals surface area (Å²) in [4.78, 5) is 9.74. The van der Waals surface area contributed by atoms with Gasteiger partial charge in [0.2, 0.25) is 0 Å². The predicted molar refractivity (Wildman–Crippen MR) is 140 cm³/mol. The van der Waals surface area contributed by atoms with Crippen molar-refractivity contribution >= 4 is 12.4 Å². The molecule has 2 aliphatic rings. The number of benzene rings is 1. The Bertz CT molecular complexity index is 999. The minimum Gasteiger partial charge on any atom is -0.507 e. The van der Waals surface area contributed by atoms with Crippen molar-refractivity contribution < 1.29 is 10.2 Å². The van der Waals surface area contributed by atoms with Gasteiger partial charge in [-0.25, -0.2) is 0 Å². The summed E-state index contributed by atoms with van der Waals surface area (Å²) in [6, 6.07) is 5.98. The average Bonchev–Trinajstić information content (AvgIpc) is 2.72. The molecule has 3 rings (SSSR count). The molecule has 1 unspecified atom stereocenters. The second-order valence-corrected chi connectivity index (χ2v) is 11.4. The van der Waals surface area contributed by atoms with Gasteiger partial charge in [-0.1, -0.05) is 79.2 Å². The standard InChI is InChI=1S/C29H40N2O2/c1-19-15-21(27(33)23(16-19)29(5,6)7)18-31-25-14-9-8-13-24(25)30-17-20-11-10-12-22(26(20)32)28(2,3)4/h10-12,15-18,24-25,27,32-33H,1,8-9,13-14H2,2-7H3/b30-17-,31-18-/t24-,25-,27?/m1/s1. The number of aliphatic hydroxyl groups excluding tert-OH is 1. The minimum absolute atomic E-state index is 0.0632. The number of hydrogen-bond donors (Lipinski definition) is 2. The van der Waals surface area contributed by atoms with Gasteiger partial charge in [0.05, 0.1) is 12.1 Å². The van der Waals surface area contributed by atoms with Crippen LogP contribution in [0.4, 0.5) is 0 Å². The Balaban J connectivity index is 1.79. The molecule has 0 radical (unpaired) electrons. The summed E-state index contributed by atoms with van der Waals surface area (Å²) in [5.41, 5.74) is 4.03. The fourth-order valence-electron chi connectivity index (χ4n) is 4.60. The Morgan fingerprint density at radius 3 is 2.09 bits per heavy atom. The van der Waals surface area contributed by atoms with Crippen LogP contribution in [0.25, 0.3) is 0 Å². The lowest BCUT2D eigenvalue weighted by Crippen LogP contribution is -2.29. The SMILES string of the molecule is C=C1C=C(/C=N\[C@@H]2CCCC[C@H]2/N=C\c2cccc(C(C)(C)C)c2O)C(O)C(C(C)(C)C)=C1. The molecule has 0 aromatic heterocycles. The van der Waals surface area contributed by atoms with Crippen LogP contribution in [0.15, 0.2) is 63.6 Å².